The third kappa shape index (κ3) is 4.69. The molecule has 2 heterocycles. The van der Waals surface area contributed by atoms with Crippen LogP contribution in [0.25, 0.3) is 0 Å². The predicted molar refractivity (Wildman–Crippen MR) is 93.3 cm³/mol. The van der Waals surface area contributed by atoms with Crippen molar-refractivity contribution in [1.29, 1.82) is 0 Å². The van der Waals surface area contributed by atoms with E-state index in [1.807, 2.05) is 0 Å². The standard InChI is InChI=1S/C18H28N4O/c19-18(22-10-12-23-13-11-22)20-14-16-6-2-3-7-17(16)15-21-8-4-1-5-9-21/h2-3,6-7H,1,4-5,8-15H2,(H2,19,20). The number of likely N-dealkylation sites (tertiary alicyclic amines) is 1. The van der Waals surface area contributed by atoms with Crippen molar-refractivity contribution in [2.75, 3.05) is 39.4 Å². The number of aliphatic imine (C=N–C) groups is 1. The first-order chi connectivity index (χ1) is 11.3. The number of nitrogens with zero attached hydrogens (tertiary/aromatic N) is 3. The highest BCUT2D eigenvalue weighted by Gasteiger charge is 2.14. The molecule has 0 aromatic heterocycles. The minimum atomic E-state index is 0.640. The summed E-state index contributed by atoms with van der Waals surface area (Å²) in [7, 11) is 0. The van der Waals surface area contributed by atoms with Crippen molar-refractivity contribution < 1.29 is 4.74 Å². The minimum absolute atomic E-state index is 0.640. The number of nitrogens with two attached hydrogens (primary N) is 1. The summed E-state index contributed by atoms with van der Waals surface area (Å²) in [6.07, 6.45) is 4.02. The minimum Gasteiger partial charge on any atom is -0.378 e. The van der Waals surface area contributed by atoms with E-state index in [-0.39, 0.29) is 0 Å². The molecule has 2 aliphatic heterocycles. The van der Waals surface area contributed by atoms with Crippen LogP contribution in [0.15, 0.2) is 29.3 Å². The molecule has 2 fully saturated rings. The van der Waals surface area contributed by atoms with E-state index in [2.05, 4.69) is 39.1 Å². The Bertz CT molecular complexity index is 520. The molecule has 5 heteroatoms. The van der Waals surface area contributed by atoms with Gasteiger partial charge in [0.15, 0.2) is 5.96 Å². The Balaban J connectivity index is 1.62. The molecule has 23 heavy (non-hydrogen) atoms. The molecule has 1 aromatic carbocycles. The van der Waals surface area contributed by atoms with E-state index < -0.39 is 0 Å². The molecule has 5 nitrogen and oxygen atoms in total. The first kappa shape index (κ1) is 16.3. The van der Waals surface area contributed by atoms with Gasteiger partial charge < -0.3 is 15.4 Å². The van der Waals surface area contributed by atoms with E-state index in [0.717, 1.165) is 32.8 Å². The van der Waals surface area contributed by atoms with Crippen LogP contribution in [0, 0.1) is 0 Å². The molecule has 0 amide bonds. The first-order valence-electron chi connectivity index (χ1n) is 8.75. The number of hydrogen-bond acceptors (Lipinski definition) is 3. The second kappa shape index (κ2) is 8.31. The van der Waals surface area contributed by atoms with Crippen molar-refractivity contribution in [3.63, 3.8) is 0 Å². The Kier molecular flexibility index (Phi) is 5.88. The van der Waals surface area contributed by atoms with E-state index in [0.29, 0.717) is 12.5 Å². The number of benzene rings is 1. The highest BCUT2D eigenvalue weighted by molar-refractivity contribution is 5.78. The second-order valence-electron chi connectivity index (χ2n) is 6.38. The molecule has 3 rings (SSSR count). The van der Waals surface area contributed by atoms with Crippen LogP contribution in [0.1, 0.15) is 30.4 Å². The highest BCUT2D eigenvalue weighted by Crippen LogP contribution is 2.17. The predicted octanol–water partition coefficient (Wildman–Crippen LogP) is 1.82. The maximum Gasteiger partial charge on any atom is 0.191 e. The maximum absolute atomic E-state index is 6.14. The van der Waals surface area contributed by atoms with Gasteiger partial charge in [0.05, 0.1) is 19.8 Å². The van der Waals surface area contributed by atoms with Gasteiger partial charge in [-0.2, -0.15) is 0 Å². The normalized spacial score (nSPS) is 20.7. The van der Waals surface area contributed by atoms with E-state index in [1.54, 1.807) is 0 Å². The monoisotopic (exact) mass is 316 g/mol. The number of ether oxygens (including phenoxy) is 1. The Morgan fingerprint density at radius 1 is 1.00 bits per heavy atom. The van der Waals surface area contributed by atoms with Gasteiger partial charge in [-0.25, -0.2) is 4.99 Å². The fraction of sp³-hybridized carbons (Fsp3) is 0.611. The summed E-state index contributed by atoms with van der Waals surface area (Å²) in [5.74, 6) is 0.640. The van der Waals surface area contributed by atoms with Gasteiger partial charge in [0.25, 0.3) is 0 Å². The van der Waals surface area contributed by atoms with Gasteiger partial charge in [0.1, 0.15) is 0 Å². The van der Waals surface area contributed by atoms with Crippen molar-refractivity contribution in [2.24, 2.45) is 10.7 Å². The molecule has 0 spiro atoms. The van der Waals surface area contributed by atoms with Crippen LogP contribution in [0.2, 0.25) is 0 Å². The number of rotatable bonds is 4. The Morgan fingerprint density at radius 2 is 1.70 bits per heavy atom. The molecule has 2 aliphatic rings. The Hall–Kier alpha value is -1.59. The van der Waals surface area contributed by atoms with E-state index in [4.69, 9.17) is 10.5 Å². The number of hydrogen-bond donors (Lipinski definition) is 1. The SMILES string of the molecule is NC(=NCc1ccccc1CN1CCCCC1)N1CCOCC1. The van der Waals surface area contributed by atoms with Gasteiger partial charge in [0.2, 0.25) is 0 Å². The second-order valence-corrected chi connectivity index (χ2v) is 6.38. The van der Waals surface area contributed by atoms with Crippen molar-refractivity contribution >= 4 is 5.96 Å². The van der Waals surface area contributed by atoms with Crippen molar-refractivity contribution in [1.82, 2.24) is 9.80 Å². The van der Waals surface area contributed by atoms with E-state index in [1.165, 1.54) is 43.5 Å². The van der Waals surface area contributed by atoms with Crippen LogP contribution in [-0.2, 0) is 17.8 Å². The lowest BCUT2D eigenvalue weighted by Gasteiger charge is -2.28. The van der Waals surface area contributed by atoms with E-state index >= 15 is 0 Å². The van der Waals surface area contributed by atoms with Crippen LogP contribution in [0.5, 0.6) is 0 Å². The third-order valence-electron chi connectivity index (χ3n) is 4.71. The van der Waals surface area contributed by atoms with Crippen molar-refractivity contribution in [3.8, 4) is 0 Å². The topological polar surface area (TPSA) is 54.1 Å². The molecule has 1 aromatic rings. The van der Waals surface area contributed by atoms with Crippen LogP contribution in [0.3, 0.4) is 0 Å². The summed E-state index contributed by atoms with van der Waals surface area (Å²) >= 11 is 0. The number of morpholine rings is 1. The van der Waals surface area contributed by atoms with Crippen molar-refractivity contribution in [2.45, 2.75) is 32.4 Å². The van der Waals surface area contributed by atoms with Crippen LogP contribution >= 0.6 is 0 Å². The van der Waals surface area contributed by atoms with Gasteiger partial charge in [-0.05, 0) is 37.1 Å². The van der Waals surface area contributed by atoms with Gasteiger partial charge in [-0.3, -0.25) is 4.90 Å². The average Bonchev–Trinajstić information content (AvgIpc) is 2.62. The molecule has 0 saturated carbocycles. The summed E-state index contributed by atoms with van der Waals surface area (Å²) in [6, 6.07) is 8.62. The third-order valence-corrected chi connectivity index (χ3v) is 4.71. The van der Waals surface area contributed by atoms with Gasteiger partial charge in [-0.15, -0.1) is 0 Å². The fourth-order valence-electron chi connectivity index (χ4n) is 3.28. The lowest BCUT2D eigenvalue weighted by atomic mass is 10.1. The van der Waals surface area contributed by atoms with Crippen LogP contribution < -0.4 is 5.73 Å². The lowest BCUT2D eigenvalue weighted by Crippen LogP contribution is -2.44. The fourth-order valence-corrected chi connectivity index (χ4v) is 3.28. The molecule has 0 atom stereocenters. The average molecular weight is 316 g/mol. The van der Waals surface area contributed by atoms with Gasteiger partial charge in [-0.1, -0.05) is 30.7 Å². The van der Waals surface area contributed by atoms with Gasteiger partial charge >= 0.3 is 0 Å². The molecule has 2 saturated heterocycles. The Labute approximate surface area is 139 Å². The van der Waals surface area contributed by atoms with Crippen LogP contribution in [0.4, 0.5) is 0 Å². The first-order valence-corrected chi connectivity index (χ1v) is 8.75. The Morgan fingerprint density at radius 3 is 2.43 bits per heavy atom. The zero-order chi connectivity index (χ0) is 15.9. The molecule has 0 bridgehead atoms. The molecule has 0 radical (unpaired) electrons. The quantitative estimate of drug-likeness (QED) is 0.680. The van der Waals surface area contributed by atoms with Crippen molar-refractivity contribution in [3.05, 3.63) is 35.4 Å². The summed E-state index contributed by atoms with van der Waals surface area (Å²) < 4.78 is 5.36. The summed E-state index contributed by atoms with van der Waals surface area (Å²) in [6.45, 7) is 7.27. The highest BCUT2D eigenvalue weighted by atomic mass is 16.5. The zero-order valence-electron chi connectivity index (χ0n) is 13.9. The number of piperidine rings is 1. The van der Waals surface area contributed by atoms with Gasteiger partial charge in [0, 0.05) is 19.6 Å². The largest absolute Gasteiger partial charge is 0.378 e. The molecule has 0 aliphatic carbocycles. The zero-order valence-corrected chi connectivity index (χ0v) is 13.9. The molecule has 2 N–H and O–H groups in total. The maximum atomic E-state index is 6.14. The molecule has 0 unspecified atom stereocenters. The lowest BCUT2D eigenvalue weighted by molar-refractivity contribution is 0.0674. The summed E-state index contributed by atoms with van der Waals surface area (Å²) in [4.78, 5) is 9.28. The molecular weight excluding hydrogens is 288 g/mol. The molecule has 126 valence electrons. The number of guanidine groups is 1. The smallest absolute Gasteiger partial charge is 0.191 e. The summed E-state index contributed by atoms with van der Waals surface area (Å²) in [5, 5.41) is 0. The molecular formula is C18H28N4O. The summed E-state index contributed by atoms with van der Waals surface area (Å²) in [5.41, 5.74) is 8.81. The van der Waals surface area contributed by atoms with E-state index in [9.17, 15) is 0 Å². The van der Waals surface area contributed by atoms with Crippen LogP contribution in [-0.4, -0.2) is 55.2 Å².